The number of hydrogen-bond donors (Lipinski definition) is 1. The predicted molar refractivity (Wildman–Crippen MR) is 108 cm³/mol. The van der Waals surface area contributed by atoms with Crippen LogP contribution in [0.2, 0.25) is 0 Å². The average Bonchev–Trinajstić information content (AvgIpc) is 3.33. The van der Waals surface area contributed by atoms with E-state index in [1.165, 1.54) is 10.9 Å². The zero-order valence-electron chi connectivity index (χ0n) is 15.2. The van der Waals surface area contributed by atoms with E-state index >= 15 is 0 Å². The monoisotopic (exact) mass is 439 g/mol. The Morgan fingerprint density at radius 1 is 1.21 bits per heavy atom. The van der Waals surface area contributed by atoms with Gasteiger partial charge in [-0.1, -0.05) is 33.2 Å². The first kappa shape index (κ1) is 17.6. The van der Waals surface area contributed by atoms with Crippen LogP contribution in [0.5, 0.6) is 0 Å². The Labute approximate surface area is 170 Å². The first-order chi connectivity index (χ1) is 13.7. The van der Waals surface area contributed by atoms with Crippen LogP contribution in [-0.4, -0.2) is 28.8 Å². The molecule has 142 valence electrons. The van der Waals surface area contributed by atoms with Gasteiger partial charge in [0.05, 0.1) is 12.3 Å². The number of fused-ring (bicyclic) bond motifs is 3. The van der Waals surface area contributed by atoms with Crippen LogP contribution < -0.4 is 0 Å². The summed E-state index contributed by atoms with van der Waals surface area (Å²) in [7, 11) is 1.60. The summed E-state index contributed by atoms with van der Waals surface area (Å²) in [6.45, 7) is 1.03. The number of nitrogens with zero attached hydrogens (tertiary/aromatic N) is 2. The molecule has 1 unspecified atom stereocenters. The van der Waals surface area contributed by atoms with Crippen LogP contribution in [-0.2, 0) is 22.5 Å². The van der Waals surface area contributed by atoms with Gasteiger partial charge in [-0.25, -0.2) is 0 Å². The molecule has 3 heterocycles. The molecule has 1 N–H and O–H groups in total. The van der Waals surface area contributed by atoms with Crippen LogP contribution in [0, 0.1) is 0 Å². The molecule has 4 aromatic rings. The Balaban J connectivity index is 1.48. The number of rotatable bonds is 4. The molecule has 6 nitrogen and oxygen atoms in total. The molecule has 0 aliphatic carbocycles. The Morgan fingerprint density at radius 2 is 2.07 bits per heavy atom. The highest BCUT2D eigenvalue weighted by Gasteiger charge is 2.26. The molecule has 7 heteroatoms. The molecule has 0 spiro atoms. The van der Waals surface area contributed by atoms with E-state index in [-0.39, 0.29) is 6.10 Å². The van der Waals surface area contributed by atoms with Crippen molar-refractivity contribution in [2.24, 2.45) is 0 Å². The zero-order chi connectivity index (χ0) is 19.1. The third kappa shape index (κ3) is 3.05. The second kappa shape index (κ2) is 7.16. The van der Waals surface area contributed by atoms with Crippen molar-refractivity contribution in [1.29, 1.82) is 0 Å². The number of ether oxygens (including phenoxy) is 2. The SMILES string of the molecule is COCc1noc(-c2ccc(C3OCCc4c3[nH]c3ccc(Br)cc43)cc2)n1. The van der Waals surface area contributed by atoms with Crippen LogP contribution in [0.3, 0.4) is 0 Å². The average molecular weight is 440 g/mol. The fraction of sp³-hybridized carbons (Fsp3) is 0.238. The minimum atomic E-state index is -0.115. The van der Waals surface area contributed by atoms with E-state index in [4.69, 9.17) is 14.0 Å². The van der Waals surface area contributed by atoms with Gasteiger partial charge in [-0.3, -0.25) is 0 Å². The van der Waals surface area contributed by atoms with Gasteiger partial charge in [0.1, 0.15) is 12.7 Å². The van der Waals surface area contributed by atoms with Crippen molar-refractivity contribution >= 4 is 26.8 Å². The number of halogens is 1. The standard InChI is InChI=1S/C21H18BrN3O3/c1-26-11-18-24-21(28-25-18)13-4-2-12(3-5-13)20-19-15(8-9-27-20)16-10-14(22)6-7-17(16)23-19/h2-7,10,20,23H,8-9,11H2,1H3. The van der Waals surface area contributed by atoms with Crippen molar-refractivity contribution in [1.82, 2.24) is 15.1 Å². The lowest BCUT2D eigenvalue weighted by atomic mass is 9.97. The van der Waals surface area contributed by atoms with Gasteiger partial charge in [0.25, 0.3) is 5.89 Å². The molecule has 2 aromatic heterocycles. The lowest BCUT2D eigenvalue weighted by Gasteiger charge is -2.24. The molecule has 0 bridgehead atoms. The maximum absolute atomic E-state index is 6.12. The summed E-state index contributed by atoms with van der Waals surface area (Å²) < 4.78 is 17.6. The topological polar surface area (TPSA) is 73.2 Å². The van der Waals surface area contributed by atoms with Gasteiger partial charge in [0.15, 0.2) is 5.82 Å². The highest BCUT2D eigenvalue weighted by molar-refractivity contribution is 9.10. The molecule has 1 aliphatic heterocycles. The molecule has 5 rings (SSSR count). The Morgan fingerprint density at radius 3 is 2.89 bits per heavy atom. The second-order valence-electron chi connectivity index (χ2n) is 6.78. The van der Waals surface area contributed by atoms with Crippen molar-refractivity contribution < 1.29 is 14.0 Å². The van der Waals surface area contributed by atoms with E-state index in [9.17, 15) is 0 Å². The van der Waals surface area contributed by atoms with Gasteiger partial charge in [-0.15, -0.1) is 0 Å². The Bertz CT molecular complexity index is 1130. The predicted octanol–water partition coefficient (Wildman–Crippen LogP) is 4.79. The molecule has 1 aliphatic rings. The van der Waals surface area contributed by atoms with Crippen LogP contribution in [0.15, 0.2) is 51.5 Å². The maximum Gasteiger partial charge on any atom is 0.258 e. The Kier molecular flexibility index (Phi) is 4.50. The van der Waals surface area contributed by atoms with Crippen molar-refractivity contribution in [3.8, 4) is 11.5 Å². The highest BCUT2D eigenvalue weighted by atomic mass is 79.9. The second-order valence-corrected chi connectivity index (χ2v) is 7.69. The summed E-state index contributed by atoms with van der Waals surface area (Å²) in [5.74, 6) is 1.02. The van der Waals surface area contributed by atoms with E-state index in [0.717, 1.165) is 33.2 Å². The van der Waals surface area contributed by atoms with E-state index in [1.807, 2.05) is 12.1 Å². The Hall–Kier alpha value is -2.48. The summed E-state index contributed by atoms with van der Waals surface area (Å²) in [4.78, 5) is 7.90. The lowest BCUT2D eigenvalue weighted by molar-refractivity contribution is 0.0677. The molecule has 28 heavy (non-hydrogen) atoms. The fourth-order valence-electron chi connectivity index (χ4n) is 3.72. The van der Waals surface area contributed by atoms with Crippen LogP contribution >= 0.6 is 15.9 Å². The summed E-state index contributed by atoms with van der Waals surface area (Å²) >= 11 is 3.57. The number of methoxy groups -OCH3 is 1. The van der Waals surface area contributed by atoms with Crippen molar-refractivity contribution in [3.05, 3.63) is 69.6 Å². The maximum atomic E-state index is 6.12. The van der Waals surface area contributed by atoms with E-state index in [2.05, 4.69) is 61.4 Å². The molecule has 1 atom stereocenters. The third-order valence-corrected chi connectivity index (χ3v) is 5.50. The van der Waals surface area contributed by atoms with Crippen molar-refractivity contribution in [2.75, 3.05) is 13.7 Å². The fourth-order valence-corrected chi connectivity index (χ4v) is 4.08. The number of aromatic amines is 1. The molecule has 0 amide bonds. The van der Waals surface area contributed by atoms with Gasteiger partial charge in [0, 0.05) is 28.0 Å². The first-order valence-electron chi connectivity index (χ1n) is 9.06. The first-order valence-corrected chi connectivity index (χ1v) is 9.85. The van der Waals surface area contributed by atoms with E-state index in [1.54, 1.807) is 7.11 Å². The smallest absolute Gasteiger partial charge is 0.258 e. The van der Waals surface area contributed by atoms with Crippen LogP contribution in [0.1, 0.15) is 28.7 Å². The number of aromatic nitrogens is 3. The number of H-pyrrole nitrogens is 1. The highest BCUT2D eigenvalue weighted by Crippen LogP contribution is 2.37. The molecule has 2 aromatic carbocycles. The molecule has 0 fully saturated rings. The van der Waals surface area contributed by atoms with Gasteiger partial charge < -0.3 is 19.0 Å². The summed E-state index contributed by atoms with van der Waals surface area (Å²) in [5, 5.41) is 5.17. The van der Waals surface area contributed by atoms with E-state index in [0.29, 0.717) is 24.9 Å². The van der Waals surface area contributed by atoms with E-state index < -0.39 is 0 Å². The van der Waals surface area contributed by atoms with Gasteiger partial charge in [-0.05, 0) is 47.9 Å². The summed E-state index contributed by atoms with van der Waals surface area (Å²) in [6.07, 6.45) is 0.792. The minimum absolute atomic E-state index is 0.115. The summed E-state index contributed by atoms with van der Waals surface area (Å²) in [5.41, 5.74) is 5.56. The number of benzene rings is 2. The van der Waals surface area contributed by atoms with Gasteiger partial charge in [0.2, 0.25) is 0 Å². The molecular formula is C21H18BrN3O3. The zero-order valence-corrected chi connectivity index (χ0v) is 16.8. The number of hydrogen-bond acceptors (Lipinski definition) is 5. The minimum Gasteiger partial charge on any atom is -0.377 e. The molecule has 0 radical (unpaired) electrons. The van der Waals surface area contributed by atoms with Crippen molar-refractivity contribution in [3.63, 3.8) is 0 Å². The quantitative estimate of drug-likeness (QED) is 0.494. The van der Waals surface area contributed by atoms with Crippen LogP contribution in [0.25, 0.3) is 22.4 Å². The summed E-state index contributed by atoms with van der Waals surface area (Å²) in [6, 6.07) is 14.4. The van der Waals surface area contributed by atoms with Crippen molar-refractivity contribution in [2.45, 2.75) is 19.1 Å². The molecule has 0 saturated carbocycles. The molecular weight excluding hydrogens is 422 g/mol. The third-order valence-electron chi connectivity index (χ3n) is 5.00. The van der Waals surface area contributed by atoms with Gasteiger partial charge in [-0.2, -0.15) is 4.98 Å². The number of nitrogens with one attached hydrogen (secondary N) is 1. The largest absolute Gasteiger partial charge is 0.377 e. The normalized spacial score (nSPS) is 16.4. The van der Waals surface area contributed by atoms with Crippen LogP contribution in [0.4, 0.5) is 0 Å². The van der Waals surface area contributed by atoms with Gasteiger partial charge >= 0.3 is 0 Å². The lowest BCUT2D eigenvalue weighted by Crippen LogP contribution is -2.16. The molecule has 0 saturated heterocycles.